The maximum absolute atomic E-state index is 11.3. The van der Waals surface area contributed by atoms with Crippen LogP contribution in [0.25, 0.3) is 10.9 Å². The van der Waals surface area contributed by atoms with Crippen LogP contribution in [0.4, 0.5) is 0 Å². The Kier molecular flexibility index (Phi) is 2.04. The zero-order valence-electron chi connectivity index (χ0n) is 8.16. The Balaban J connectivity index is 2.39. The topological polar surface area (TPSA) is 59.2 Å². The van der Waals surface area contributed by atoms with E-state index < -0.39 is 9.05 Å². The van der Waals surface area contributed by atoms with Gasteiger partial charge in [0, 0.05) is 27.8 Å². The average Bonchev–Trinajstić information content (AvgIpc) is 2.81. The molecule has 0 bridgehead atoms. The summed E-state index contributed by atoms with van der Waals surface area (Å²) in [5, 5.41) is 0.624. The van der Waals surface area contributed by atoms with Gasteiger partial charge in [0.05, 0.1) is 18.7 Å². The second-order valence-electron chi connectivity index (χ2n) is 3.71. The van der Waals surface area contributed by atoms with E-state index in [2.05, 4.69) is 4.98 Å². The first-order chi connectivity index (χ1) is 7.57. The van der Waals surface area contributed by atoms with E-state index in [1.807, 2.05) is 6.07 Å². The third kappa shape index (κ3) is 1.36. The number of H-pyrrole nitrogens is 1. The van der Waals surface area contributed by atoms with Gasteiger partial charge >= 0.3 is 0 Å². The molecule has 0 saturated carbocycles. The molecule has 0 fully saturated rings. The minimum absolute atomic E-state index is 0.124. The largest absolute Gasteiger partial charge is 0.372 e. The number of rotatable bonds is 1. The smallest absolute Gasteiger partial charge is 0.263 e. The Labute approximate surface area is 96.6 Å². The van der Waals surface area contributed by atoms with Gasteiger partial charge < -0.3 is 9.72 Å². The van der Waals surface area contributed by atoms with Crippen molar-refractivity contribution >= 4 is 30.6 Å². The van der Waals surface area contributed by atoms with Crippen LogP contribution >= 0.6 is 10.7 Å². The van der Waals surface area contributed by atoms with Crippen molar-refractivity contribution in [1.29, 1.82) is 0 Å². The van der Waals surface area contributed by atoms with E-state index >= 15 is 0 Å². The van der Waals surface area contributed by atoms with Gasteiger partial charge in [0.15, 0.2) is 0 Å². The zero-order valence-corrected chi connectivity index (χ0v) is 9.73. The van der Waals surface area contributed by atoms with E-state index in [4.69, 9.17) is 15.4 Å². The van der Waals surface area contributed by atoms with Gasteiger partial charge in [0.25, 0.3) is 9.05 Å². The molecule has 0 aliphatic carbocycles. The van der Waals surface area contributed by atoms with Crippen LogP contribution in [-0.2, 0) is 27.0 Å². The summed E-state index contributed by atoms with van der Waals surface area (Å²) in [6, 6.07) is 3.64. The number of nitrogens with one attached hydrogen (secondary N) is 1. The Morgan fingerprint density at radius 2 is 2.12 bits per heavy atom. The Morgan fingerprint density at radius 3 is 2.88 bits per heavy atom. The summed E-state index contributed by atoms with van der Waals surface area (Å²) in [4.78, 5) is 3.08. The molecule has 3 rings (SSSR count). The van der Waals surface area contributed by atoms with Gasteiger partial charge in [-0.3, -0.25) is 0 Å². The van der Waals surface area contributed by atoms with Crippen LogP contribution in [0.3, 0.4) is 0 Å². The quantitative estimate of drug-likeness (QED) is 0.796. The van der Waals surface area contributed by atoms with Crippen molar-refractivity contribution in [2.24, 2.45) is 0 Å². The molecule has 4 nitrogen and oxygen atoms in total. The van der Waals surface area contributed by atoms with Gasteiger partial charge in [0.2, 0.25) is 0 Å². The van der Waals surface area contributed by atoms with E-state index in [1.165, 1.54) is 6.20 Å². The lowest BCUT2D eigenvalue weighted by Crippen LogP contribution is -1.89. The molecule has 16 heavy (non-hydrogen) atoms. The molecular formula is C10H8ClNO3S. The van der Waals surface area contributed by atoms with Gasteiger partial charge in [-0.05, 0) is 5.56 Å². The van der Waals surface area contributed by atoms with E-state index in [-0.39, 0.29) is 4.90 Å². The van der Waals surface area contributed by atoms with Crippen LogP contribution < -0.4 is 0 Å². The Morgan fingerprint density at radius 1 is 1.31 bits per heavy atom. The Bertz CT molecular complexity index is 675. The highest BCUT2D eigenvalue weighted by molar-refractivity contribution is 8.14. The monoisotopic (exact) mass is 257 g/mol. The molecule has 1 aromatic carbocycles. The predicted octanol–water partition coefficient (Wildman–Crippen LogP) is 2.13. The highest BCUT2D eigenvalue weighted by Gasteiger charge is 2.21. The van der Waals surface area contributed by atoms with Crippen molar-refractivity contribution in [3.8, 4) is 0 Å². The van der Waals surface area contributed by atoms with Crippen LogP contribution in [0, 0.1) is 0 Å². The summed E-state index contributed by atoms with van der Waals surface area (Å²) >= 11 is 0. The number of fused-ring (bicyclic) bond motifs is 3. The van der Waals surface area contributed by atoms with Crippen molar-refractivity contribution in [2.75, 3.05) is 0 Å². The summed E-state index contributed by atoms with van der Waals surface area (Å²) in [5.74, 6) is 0. The number of hydrogen-bond acceptors (Lipinski definition) is 3. The SMILES string of the molecule is O=S(=O)(Cl)c1c[nH]c2c3c(ccc12)COC3. The molecule has 2 heterocycles. The maximum Gasteiger partial charge on any atom is 0.263 e. The molecule has 1 N–H and O–H groups in total. The number of ether oxygens (including phenoxy) is 1. The molecule has 0 amide bonds. The van der Waals surface area contributed by atoms with E-state index in [0.717, 1.165) is 16.6 Å². The zero-order chi connectivity index (χ0) is 11.3. The second kappa shape index (κ2) is 3.23. The molecule has 0 unspecified atom stereocenters. The first-order valence-electron chi connectivity index (χ1n) is 4.71. The molecule has 1 aliphatic heterocycles. The minimum atomic E-state index is -3.70. The number of aromatic nitrogens is 1. The van der Waals surface area contributed by atoms with Crippen LogP contribution in [0.15, 0.2) is 23.2 Å². The lowest BCUT2D eigenvalue weighted by molar-refractivity contribution is 0.135. The third-order valence-corrected chi connectivity index (χ3v) is 4.15. The molecule has 6 heteroatoms. The van der Waals surface area contributed by atoms with E-state index in [1.54, 1.807) is 6.07 Å². The lowest BCUT2D eigenvalue weighted by Gasteiger charge is -1.99. The fourth-order valence-corrected chi connectivity index (χ4v) is 3.06. The number of halogens is 1. The summed E-state index contributed by atoms with van der Waals surface area (Å²) in [5.41, 5.74) is 2.91. The van der Waals surface area contributed by atoms with Gasteiger partial charge in [-0.1, -0.05) is 12.1 Å². The molecule has 0 atom stereocenters. The molecular weight excluding hydrogens is 250 g/mol. The standard InChI is InChI=1S/C10H8ClNO3S/c11-16(13,14)9-3-12-10-7(9)2-1-6-4-15-5-8(6)10/h1-3,12H,4-5H2. The van der Waals surface area contributed by atoms with E-state index in [9.17, 15) is 8.42 Å². The minimum Gasteiger partial charge on any atom is -0.372 e. The second-order valence-corrected chi connectivity index (χ2v) is 6.24. The highest BCUT2D eigenvalue weighted by atomic mass is 35.7. The fourth-order valence-electron chi connectivity index (χ4n) is 2.04. The van der Waals surface area contributed by atoms with Crippen LogP contribution in [-0.4, -0.2) is 13.4 Å². The van der Waals surface area contributed by atoms with Crippen molar-refractivity contribution in [3.63, 3.8) is 0 Å². The average molecular weight is 258 g/mol. The van der Waals surface area contributed by atoms with Gasteiger partial charge in [-0.2, -0.15) is 0 Å². The first kappa shape index (κ1) is 10.1. The molecule has 1 aliphatic rings. The number of hydrogen-bond donors (Lipinski definition) is 1. The molecule has 0 radical (unpaired) electrons. The molecule has 2 aromatic rings. The van der Waals surface area contributed by atoms with Crippen molar-refractivity contribution in [1.82, 2.24) is 4.98 Å². The molecule has 1 aromatic heterocycles. The fraction of sp³-hybridized carbons (Fsp3) is 0.200. The highest BCUT2D eigenvalue weighted by Crippen LogP contribution is 2.32. The van der Waals surface area contributed by atoms with Crippen molar-refractivity contribution in [3.05, 3.63) is 29.5 Å². The van der Waals surface area contributed by atoms with Gasteiger partial charge in [0.1, 0.15) is 4.90 Å². The maximum atomic E-state index is 11.3. The summed E-state index contributed by atoms with van der Waals surface area (Å²) in [6.45, 7) is 1.09. The van der Waals surface area contributed by atoms with Crippen LogP contribution in [0.1, 0.15) is 11.1 Å². The van der Waals surface area contributed by atoms with Crippen molar-refractivity contribution in [2.45, 2.75) is 18.1 Å². The molecule has 84 valence electrons. The van der Waals surface area contributed by atoms with Gasteiger partial charge in [-0.15, -0.1) is 0 Å². The van der Waals surface area contributed by atoms with Crippen molar-refractivity contribution < 1.29 is 13.2 Å². The van der Waals surface area contributed by atoms with Crippen LogP contribution in [0.2, 0.25) is 0 Å². The van der Waals surface area contributed by atoms with Gasteiger partial charge in [-0.25, -0.2) is 8.42 Å². The Hall–Kier alpha value is -1.04. The molecule has 0 spiro atoms. The number of benzene rings is 1. The molecule has 0 saturated heterocycles. The number of aromatic amines is 1. The van der Waals surface area contributed by atoms with E-state index in [0.29, 0.717) is 18.6 Å². The predicted molar refractivity (Wildman–Crippen MR) is 59.8 cm³/mol. The lowest BCUT2D eigenvalue weighted by atomic mass is 10.1. The summed E-state index contributed by atoms with van der Waals surface area (Å²) in [6.07, 6.45) is 1.42. The summed E-state index contributed by atoms with van der Waals surface area (Å²) < 4.78 is 28.0. The summed E-state index contributed by atoms with van der Waals surface area (Å²) in [7, 11) is 1.65. The third-order valence-electron chi connectivity index (χ3n) is 2.79. The first-order valence-corrected chi connectivity index (χ1v) is 7.02. The van der Waals surface area contributed by atoms with Crippen LogP contribution in [0.5, 0.6) is 0 Å². The normalized spacial score (nSPS) is 15.6.